The highest BCUT2D eigenvalue weighted by atomic mass is 16.7. The minimum Gasteiger partial charge on any atom is -0.435 e. The Labute approximate surface area is 111 Å². The molecule has 1 fully saturated rings. The number of carbonyl (C=O) groups excluding carboxylic acids is 2. The highest BCUT2D eigenvalue weighted by Gasteiger charge is 2.28. The van der Waals surface area contributed by atoms with Crippen molar-refractivity contribution in [3.63, 3.8) is 0 Å². The van der Waals surface area contributed by atoms with Crippen molar-refractivity contribution in [2.75, 3.05) is 19.8 Å². The van der Waals surface area contributed by atoms with Crippen molar-refractivity contribution in [1.29, 1.82) is 0 Å². The molecule has 1 aliphatic rings. The van der Waals surface area contributed by atoms with Crippen LogP contribution in [-0.2, 0) is 18.9 Å². The summed E-state index contributed by atoms with van der Waals surface area (Å²) in [6, 6.07) is 0. The molecule has 0 aromatic rings. The van der Waals surface area contributed by atoms with Gasteiger partial charge >= 0.3 is 12.3 Å². The van der Waals surface area contributed by atoms with Gasteiger partial charge in [0.25, 0.3) is 0 Å². The SMILES string of the molecule is CCOC(=O)OC1CCCC(OC(=O)OCCO)C1. The zero-order valence-corrected chi connectivity index (χ0v) is 11.0. The lowest BCUT2D eigenvalue weighted by atomic mass is 9.95. The monoisotopic (exact) mass is 276 g/mol. The molecule has 0 aromatic heterocycles. The van der Waals surface area contributed by atoms with Crippen LogP contribution in [0.25, 0.3) is 0 Å². The van der Waals surface area contributed by atoms with Crippen LogP contribution < -0.4 is 0 Å². The number of aliphatic hydroxyl groups excluding tert-OH is 1. The maximum atomic E-state index is 11.2. The molecule has 1 rings (SSSR count). The van der Waals surface area contributed by atoms with Gasteiger partial charge in [-0.25, -0.2) is 9.59 Å². The minimum atomic E-state index is -0.809. The van der Waals surface area contributed by atoms with Gasteiger partial charge in [0.1, 0.15) is 18.8 Å². The molecular weight excluding hydrogens is 256 g/mol. The van der Waals surface area contributed by atoms with Gasteiger partial charge in [-0.2, -0.15) is 0 Å². The molecule has 0 aromatic carbocycles. The molecule has 2 atom stereocenters. The first-order valence-corrected chi connectivity index (χ1v) is 6.43. The Morgan fingerprint density at radius 3 is 2.21 bits per heavy atom. The molecule has 0 bridgehead atoms. The van der Waals surface area contributed by atoms with Gasteiger partial charge in [0.05, 0.1) is 13.2 Å². The highest BCUT2D eigenvalue weighted by Crippen LogP contribution is 2.24. The number of aliphatic hydroxyl groups is 1. The van der Waals surface area contributed by atoms with E-state index in [0.29, 0.717) is 12.8 Å². The van der Waals surface area contributed by atoms with Crippen molar-refractivity contribution in [2.45, 2.75) is 44.8 Å². The van der Waals surface area contributed by atoms with Crippen LogP contribution in [0.2, 0.25) is 0 Å². The summed E-state index contributed by atoms with van der Waals surface area (Å²) in [5, 5.41) is 8.51. The molecular formula is C12H20O7. The van der Waals surface area contributed by atoms with Crippen molar-refractivity contribution in [1.82, 2.24) is 0 Å². The van der Waals surface area contributed by atoms with E-state index in [1.165, 1.54) is 0 Å². The Kier molecular flexibility index (Phi) is 7.02. The van der Waals surface area contributed by atoms with Crippen molar-refractivity contribution in [3.05, 3.63) is 0 Å². The fourth-order valence-corrected chi connectivity index (χ4v) is 1.90. The van der Waals surface area contributed by atoms with Gasteiger partial charge in [-0.05, 0) is 26.2 Å². The van der Waals surface area contributed by atoms with Crippen LogP contribution in [0.3, 0.4) is 0 Å². The quantitative estimate of drug-likeness (QED) is 0.763. The Hall–Kier alpha value is -1.50. The lowest BCUT2D eigenvalue weighted by Crippen LogP contribution is -2.32. The van der Waals surface area contributed by atoms with Crippen LogP contribution in [0.5, 0.6) is 0 Å². The molecule has 1 aliphatic carbocycles. The molecule has 0 amide bonds. The zero-order chi connectivity index (χ0) is 14.1. The highest BCUT2D eigenvalue weighted by molar-refractivity contribution is 5.60. The molecule has 7 heteroatoms. The summed E-state index contributed by atoms with van der Waals surface area (Å²) in [6.07, 6.45) is 0.519. The standard InChI is InChI=1S/C12H20O7/c1-2-16-11(14)18-9-4-3-5-10(8-9)19-12(15)17-7-6-13/h9-10,13H,2-8H2,1H3. The van der Waals surface area contributed by atoms with E-state index in [0.717, 1.165) is 12.8 Å². The van der Waals surface area contributed by atoms with Crippen LogP contribution in [0.4, 0.5) is 9.59 Å². The Morgan fingerprint density at radius 2 is 1.68 bits per heavy atom. The van der Waals surface area contributed by atoms with E-state index in [-0.39, 0.29) is 32.0 Å². The Morgan fingerprint density at radius 1 is 1.11 bits per heavy atom. The topological polar surface area (TPSA) is 91.3 Å². The first-order chi connectivity index (χ1) is 9.15. The first kappa shape index (κ1) is 15.6. The summed E-state index contributed by atoms with van der Waals surface area (Å²) < 4.78 is 19.5. The average molecular weight is 276 g/mol. The lowest BCUT2D eigenvalue weighted by Gasteiger charge is -2.27. The van der Waals surface area contributed by atoms with Gasteiger partial charge in [0.15, 0.2) is 0 Å². The third kappa shape index (κ3) is 6.28. The second kappa shape index (κ2) is 8.58. The molecule has 0 aliphatic heterocycles. The van der Waals surface area contributed by atoms with E-state index in [2.05, 4.69) is 4.74 Å². The molecule has 1 N–H and O–H groups in total. The third-order valence-electron chi connectivity index (χ3n) is 2.68. The number of carbonyl (C=O) groups is 2. The average Bonchev–Trinajstić information content (AvgIpc) is 2.37. The van der Waals surface area contributed by atoms with E-state index < -0.39 is 12.3 Å². The van der Waals surface area contributed by atoms with Gasteiger partial charge in [-0.3, -0.25) is 0 Å². The van der Waals surface area contributed by atoms with Gasteiger partial charge < -0.3 is 24.1 Å². The predicted octanol–water partition coefficient (Wildman–Crippen LogP) is 1.62. The molecule has 0 radical (unpaired) electrons. The minimum absolute atomic E-state index is 0.0890. The maximum absolute atomic E-state index is 11.2. The van der Waals surface area contributed by atoms with Crippen molar-refractivity contribution >= 4 is 12.3 Å². The summed E-state index contributed by atoms with van der Waals surface area (Å²) in [7, 11) is 0. The largest absolute Gasteiger partial charge is 0.508 e. The van der Waals surface area contributed by atoms with Gasteiger partial charge in [0, 0.05) is 6.42 Å². The van der Waals surface area contributed by atoms with Crippen LogP contribution in [0, 0.1) is 0 Å². The molecule has 2 unspecified atom stereocenters. The van der Waals surface area contributed by atoms with Crippen LogP contribution >= 0.6 is 0 Å². The van der Waals surface area contributed by atoms with Crippen LogP contribution in [-0.4, -0.2) is 49.4 Å². The zero-order valence-electron chi connectivity index (χ0n) is 11.0. The number of ether oxygens (including phenoxy) is 4. The van der Waals surface area contributed by atoms with Gasteiger partial charge in [0.2, 0.25) is 0 Å². The van der Waals surface area contributed by atoms with Gasteiger partial charge in [-0.1, -0.05) is 0 Å². The first-order valence-electron chi connectivity index (χ1n) is 6.43. The van der Waals surface area contributed by atoms with Crippen molar-refractivity contribution in [3.8, 4) is 0 Å². The predicted molar refractivity (Wildman–Crippen MR) is 63.7 cm³/mol. The van der Waals surface area contributed by atoms with E-state index in [9.17, 15) is 9.59 Å². The van der Waals surface area contributed by atoms with Crippen LogP contribution in [0.1, 0.15) is 32.6 Å². The Bertz CT molecular complexity index is 292. The molecule has 19 heavy (non-hydrogen) atoms. The summed E-state index contributed by atoms with van der Waals surface area (Å²) in [5.74, 6) is 0. The molecule has 0 saturated heterocycles. The number of rotatable bonds is 5. The number of hydrogen-bond donors (Lipinski definition) is 1. The van der Waals surface area contributed by atoms with Gasteiger partial charge in [-0.15, -0.1) is 0 Å². The molecule has 7 nitrogen and oxygen atoms in total. The molecule has 110 valence electrons. The van der Waals surface area contributed by atoms with Crippen LogP contribution in [0.15, 0.2) is 0 Å². The molecule has 0 spiro atoms. The number of hydrogen-bond acceptors (Lipinski definition) is 7. The van der Waals surface area contributed by atoms with E-state index in [1.54, 1.807) is 6.92 Å². The fraction of sp³-hybridized carbons (Fsp3) is 0.833. The second-order valence-electron chi connectivity index (χ2n) is 4.15. The summed E-state index contributed by atoms with van der Waals surface area (Å²) in [6.45, 7) is 1.63. The van der Waals surface area contributed by atoms with Crippen molar-refractivity contribution in [2.24, 2.45) is 0 Å². The normalized spacial score (nSPS) is 22.4. The van der Waals surface area contributed by atoms with Crippen molar-refractivity contribution < 1.29 is 33.6 Å². The van der Waals surface area contributed by atoms with E-state index >= 15 is 0 Å². The summed E-state index contributed by atoms with van der Waals surface area (Å²) in [5.41, 5.74) is 0. The second-order valence-corrected chi connectivity index (χ2v) is 4.15. The molecule has 1 saturated carbocycles. The molecule has 0 heterocycles. The smallest absolute Gasteiger partial charge is 0.435 e. The summed E-state index contributed by atoms with van der Waals surface area (Å²) >= 11 is 0. The Balaban J connectivity index is 2.29. The van der Waals surface area contributed by atoms with E-state index in [4.69, 9.17) is 19.3 Å². The third-order valence-corrected chi connectivity index (χ3v) is 2.68. The summed E-state index contributed by atoms with van der Waals surface area (Å²) in [4.78, 5) is 22.4. The maximum Gasteiger partial charge on any atom is 0.508 e. The van der Waals surface area contributed by atoms with E-state index in [1.807, 2.05) is 0 Å². The lowest BCUT2D eigenvalue weighted by molar-refractivity contribution is -0.0359. The fourth-order valence-electron chi connectivity index (χ4n) is 1.90.